The number of hydrogen-bond acceptors (Lipinski definition) is 3. The van der Waals surface area contributed by atoms with E-state index in [0.717, 1.165) is 17.5 Å². The normalized spacial score (nSPS) is 10.3. The van der Waals surface area contributed by atoms with E-state index in [1.807, 2.05) is 24.4 Å². The van der Waals surface area contributed by atoms with E-state index in [9.17, 15) is 0 Å². The zero-order valence-electron chi connectivity index (χ0n) is 11.1. The number of alkyl halides is 1. The van der Waals surface area contributed by atoms with Gasteiger partial charge in [-0.05, 0) is 29.3 Å². The summed E-state index contributed by atoms with van der Waals surface area (Å²) in [5.41, 5.74) is 2.01. The maximum atomic E-state index is 6.20. The van der Waals surface area contributed by atoms with Crippen LogP contribution in [0.4, 0.5) is 0 Å². The first kappa shape index (κ1) is 14.9. The smallest absolute Gasteiger partial charge is 0.179 e. The minimum Gasteiger partial charge on any atom is -0.493 e. The van der Waals surface area contributed by atoms with E-state index in [1.54, 1.807) is 19.4 Å². The van der Waals surface area contributed by atoms with Gasteiger partial charge in [0.1, 0.15) is 0 Å². The Morgan fingerprint density at radius 2 is 2.10 bits per heavy atom. The number of ether oxygens (including phenoxy) is 2. The monoisotopic (exact) mass is 311 g/mol. The van der Waals surface area contributed by atoms with Crippen LogP contribution in [-0.2, 0) is 12.3 Å². The maximum absolute atomic E-state index is 6.20. The number of halogens is 2. The average molecular weight is 312 g/mol. The lowest BCUT2D eigenvalue weighted by Crippen LogP contribution is -2.03. The van der Waals surface area contributed by atoms with Gasteiger partial charge in [-0.2, -0.15) is 0 Å². The van der Waals surface area contributed by atoms with Crippen LogP contribution in [0.25, 0.3) is 0 Å². The lowest BCUT2D eigenvalue weighted by molar-refractivity contribution is 0.297. The Morgan fingerprint density at radius 3 is 2.75 bits per heavy atom. The van der Waals surface area contributed by atoms with Gasteiger partial charge in [-0.3, -0.25) is 4.98 Å². The van der Waals surface area contributed by atoms with Crippen LogP contribution in [0, 0.1) is 0 Å². The van der Waals surface area contributed by atoms with Gasteiger partial charge in [-0.15, -0.1) is 11.6 Å². The molecule has 1 aromatic heterocycles. The molecule has 0 unspecified atom stereocenters. The summed E-state index contributed by atoms with van der Waals surface area (Å²) in [5, 5.41) is 0.506. The van der Waals surface area contributed by atoms with Crippen LogP contribution < -0.4 is 9.47 Å². The van der Waals surface area contributed by atoms with Gasteiger partial charge in [0.2, 0.25) is 0 Å². The quantitative estimate of drug-likeness (QED) is 0.752. The van der Waals surface area contributed by atoms with Crippen molar-refractivity contribution in [2.45, 2.75) is 12.3 Å². The van der Waals surface area contributed by atoms with E-state index >= 15 is 0 Å². The van der Waals surface area contributed by atoms with Crippen LogP contribution in [-0.4, -0.2) is 18.7 Å². The average Bonchev–Trinajstić information content (AvgIpc) is 2.49. The van der Waals surface area contributed by atoms with Gasteiger partial charge < -0.3 is 9.47 Å². The predicted molar refractivity (Wildman–Crippen MR) is 81.0 cm³/mol. The van der Waals surface area contributed by atoms with Gasteiger partial charge in [0, 0.05) is 24.7 Å². The molecule has 1 aromatic carbocycles. The third-order valence-corrected chi connectivity index (χ3v) is 3.39. The van der Waals surface area contributed by atoms with Crippen molar-refractivity contribution in [1.82, 2.24) is 4.98 Å². The fraction of sp³-hybridized carbons (Fsp3) is 0.267. The summed E-state index contributed by atoms with van der Waals surface area (Å²) in [4.78, 5) is 4.06. The topological polar surface area (TPSA) is 31.4 Å². The largest absolute Gasteiger partial charge is 0.493 e. The van der Waals surface area contributed by atoms with Crippen molar-refractivity contribution in [2.24, 2.45) is 0 Å². The SMILES string of the molecule is COc1cc(CCl)cc(Cl)c1OCCc1cccnc1. The fourth-order valence-electron chi connectivity index (χ4n) is 1.81. The second-order valence-electron chi connectivity index (χ2n) is 4.20. The molecule has 5 heteroatoms. The van der Waals surface area contributed by atoms with Gasteiger partial charge in [0.15, 0.2) is 11.5 Å². The molecule has 0 saturated carbocycles. The summed E-state index contributed by atoms with van der Waals surface area (Å²) >= 11 is 12.0. The van der Waals surface area contributed by atoms with E-state index < -0.39 is 0 Å². The number of hydrogen-bond donors (Lipinski definition) is 0. The molecular weight excluding hydrogens is 297 g/mol. The second kappa shape index (κ2) is 7.36. The van der Waals surface area contributed by atoms with Crippen molar-refractivity contribution in [1.29, 1.82) is 0 Å². The molecule has 0 amide bonds. The zero-order valence-corrected chi connectivity index (χ0v) is 12.6. The predicted octanol–water partition coefficient (Wildman–Crippen LogP) is 4.10. The van der Waals surface area contributed by atoms with Gasteiger partial charge >= 0.3 is 0 Å². The van der Waals surface area contributed by atoms with Gasteiger partial charge in [0.25, 0.3) is 0 Å². The summed E-state index contributed by atoms with van der Waals surface area (Å²) in [6.07, 6.45) is 4.32. The lowest BCUT2D eigenvalue weighted by atomic mass is 10.2. The molecule has 0 N–H and O–H groups in total. The standard InChI is InChI=1S/C15H15Cl2NO2/c1-19-14-8-12(9-16)7-13(17)15(14)20-6-4-11-3-2-5-18-10-11/h2-3,5,7-8,10H,4,6,9H2,1H3. The molecule has 0 aliphatic carbocycles. The maximum Gasteiger partial charge on any atom is 0.179 e. The molecule has 2 rings (SSSR count). The van der Waals surface area contributed by atoms with Crippen LogP contribution in [0.15, 0.2) is 36.7 Å². The molecule has 1 heterocycles. The summed E-state index contributed by atoms with van der Waals surface area (Å²) in [6, 6.07) is 7.53. The van der Waals surface area contributed by atoms with Crippen molar-refractivity contribution in [2.75, 3.05) is 13.7 Å². The molecule has 0 spiro atoms. The van der Waals surface area contributed by atoms with Gasteiger partial charge in [-0.1, -0.05) is 17.7 Å². The number of benzene rings is 1. The number of pyridine rings is 1. The fourth-order valence-corrected chi connectivity index (χ4v) is 2.25. The minimum absolute atomic E-state index is 0.381. The number of rotatable bonds is 6. The van der Waals surface area contributed by atoms with E-state index in [0.29, 0.717) is 29.0 Å². The Balaban J connectivity index is 2.05. The Kier molecular flexibility index (Phi) is 5.50. The molecule has 0 atom stereocenters. The molecule has 20 heavy (non-hydrogen) atoms. The van der Waals surface area contributed by atoms with Crippen molar-refractivity contribution in [3.63, 3.8) is 0 Å². The second-order valence-corrected chi connectivity index (χ2v) is 4.88. The zero-order chi connectivity index (χ0) is 14.4. The molecule has 0 radical (unpaired) electrons. The molecule has 2 aromatic rings. The Morgan fingerprint density at radius 1 is 1.25 bits per heavy atom. The number of methoxy groups -OCH3 is 1. The van der Waals surface area contributed by atoms with Crippen LogP contribution in [0.3, 0.4) is 0 Å². The Hall–Kier alpha value is -1.45. The summed E-state index contributed by atoms with van der Waals surface area (Å²) in [6.45, 7) is 0.502. The summed E-state index contributed by atoms with van der Waals surface area (Å²) < 4.78 is 11.0. The van der Waals surface area contributed by atoms with Crippen molar-refractivity contribution in [3.05, 3.63) is 52.8 Å². The lowest BCUT2D eigenvalue weighted by Gasteiger charge is -2.13. The minimum atomic E-state index is 0.381. The third kappa shape index (κ3) is 3.78. The molecule has 0 aliphatic rings. The number of nitrogens with zero attached hydrogens (tertiary/aromatic N) is 1. The highest BCUT2D eigenvalue weighted by atomic mass is 35.5. The molecule has 3 nitrogen and oxygen atoms in total. The highest BCUT2D eigenvalue weighted by Crippen LogP contribution is 2.36. The van der Waals surface area contributed by atoms with E-state index in [1.165, 1.54) is 0 Å². The van der Waals surface area contributed by atoms with E-state index in [-0.39, 0.29) is 0 Å². The Labute approximate surface area is 128 Å². The van der Waals surface area contributed by atoms with Gasteiger partial charge in [0.05, 0.1) is 18.7 Å². The van der Waals surface area contributed by atoms with Crippen molar-refractivity contribution < 1.29 is 9.47 Å². The number of aromatic nitrogens is 1. The highest BCUT2D eigenvalue weighted by molar-refractivity contribution is 6.32. The van der Waals surface area contributed by atoms with Crippen LogP contribution in [0.2, 0.25) is 5.02 Å². The van der Waals surface area contributed by atoms with E-state index in [2.05, 4.69) is 4.98 Å². The first-order chi connectivity index (χ1) is 9.74. The van der Waals surface area contributed by atoms with Crippen molar-refractivity contribution in [3.8, 4) is 11.5 Å². The molecule has 0 fully saturated rings. The molecule has 106 valence electrons. The van der Waals surface area contributed by atoms with Crippen LogP contribution in [0.1, 0.15) is 11.1 Å². The molecule has 0 bridgehead atoms. The first-order valence-corrected chi connectivity index (χ1v) is 7.10. The summed E-state index contributed by atoms with van der Waals surface area (Å²) in [5.74, 6) is 1.53. The molecular formula is C15H15Cl2NO2. The third-order valence-electron chi connectivity index (χ3n) is 2.80. The molecule has 0 saturated heterocycles. The Bertz CT molecular complexity index is 561. The molecule has 0 aliphatic heterocycles. The first-order valence-electron chi connectivity index (χ1n) is 6.18. The van der Waals surface area contributed by atoms with Crippen LogP contribution in [0.5, 0.6) is 11.5 Å². The van der Waals surface area contributed by atoms with Gasteiger partial charge in [-0.25, -0.2) is 0 Å². The highest BCUT2D eigenvalue weighted by Gasteiger charge is 2.11. The van der Waals surface area contributed by atoms with Crippen LogP contribution >= 0.6 is 23.2 Å². The van der Waals surface area contributed by atoms with Crippen molar-refractivity contribution >= 4 is 23.2 Å². The van der Waals surface area contributed by atoms with E-state index in [4.69, 9.17) is 32.7 Å². The summed E-state index contributed by atoms with van der Waals surface area (Å²) in [7, 11) is 1.58.